The fraction of sp³-hybridized carbons (Fsp3) is 0.462. The first-order valence-corrected chi connectivity index (χ1v) is 7.14. The van der Waals surface area contributed by atoms with Gasteiger partial charge in [-0.05, 0) is 30.3 Å². The highest BCUT2D eigenvalue weighted by molar-refractivity contribution is 7.13. The van der Waals surface area contributed by atoms with Crippen LogP contribution < -0.4 is 0 Å². The Bertz CT molecular complexity index is 494. The average molecular weight is 263 g/mol. The Morgan fingerprint density at radius 2 is 2.50 bits per heavy atom. The summed E-state index contributed by atoms with van der Waals surface area (Å²) in [6, 6.07) is 4.17. The van der Waals surface area contributed by atoms with Gasteiger partial charge >= 0.3 is 0 Å². The van der Waals surface area contributed by atoms with E-state index in [9.17, 15) is 5.11 Å². The van der Waals surface area contributed by atoms with Gasteiger partial charge in [0.15, 0.2) is 0 Å². The Labute approximate surface area is 110 Å². The molecule has 0 saturated carbocycles. The second-order valence-corrected chi connectivity index (χ2v) is 5.77. The van der Waals surface area contributed by atoms with Gasteiger partial charge in [0.1, 0.15) is 0 Å². The lowest BCUT2D eigenvalue weighted by Crippen LogP contribution is -2.21. The average Bonchev–Trinajstić information content (AvgIpc) is 3.09. The van der Waals surface area contributed by atoms with Crippen molar-refractivity contribution in [2.75, 3.05) is 19.7 Å². The molecule has 0 spiro atoms. The molecule has 1 atom stereocenters. The van der Waals surface area contributed by atoms with E-state index in [2.05, 4.69) is 32.6 Å². The van der Waals surface area contributed by atoms with Crippen LogP contribution in [-0.2, 0) is 6.54 Å². The molecule has 1 aliphatic heterocycles. The van der Waals surface area contributed by atoms with Crippen LogP contribution in [0.4, 0.5) is 0 Å². The summed E-state index contributed by atoms with van der Waals surface area (Å²) in [4.78, 5) is 3.63. The van der Waals surface area contributed by atoms with Gasteiger partial charge in [0.2, 0.25) is 0 Å². The number of nitrogens with one attached hydrogen (secondary N) is 1. The van der Waals surface area contributed by atoms with E-state index in [1.54, 1.807) is 11.3 Å². The highest BCUT2D eigenvalue weighted by Gasteiger charge is 2.23. The highest BCUT2D eigenvalue weighted by atomic mass is 32.1. The fourth-order valence-corrected chi connectivity index (χ4v) is 3.27. The van der Waals surface area contributed by atoms with Crippen LogP contribution in [0, 0.1) is 5.92 Å². The quantitative estimate of drug-likeness (QED) is 0.886. The van der Waals surface area contributed by atoms with Gasteiger partial charge in [0.05, 0.1) is 16.8 Å². The monoisotopic (exact) mass is 263 g/mol. The number of thiophene rings is 1. The Balaban J connectivity index is 1.72. The zero-order valence-corrected chi connectivity index (χ0v) is 11.0. The number of likely N-dealkylation sites (tertiary alicyclic amines) is 1. The molecule has 1 unspecified atom stereocenters. The minimum atomic E-state index is 0.305. The van der Waals surface area contributed by atoms with Crippen molar-refractivity contribution in [2.24, 2.45) is 5.92 Å². The summed E-state index contributed by atoms with van der Waals surface area (Å²) in [5, 5.41) is 18.5. The topological polar surface area (TPSA) is 52.1 Å². The molecule has 1 aliphatic rings. The number of aliphatic hydroxyl groups is 1. The summed E-state index contributed by atoms with van der Waals surface area (Å²) in [6.07, 6.45) is 3.02. The zero-order valence-electron chi connectivity index (χ0n) is 10.2. The number of aliphatic hydroxyl groups excluding tert-OH is 1. The number of H-pyrrole nitrogens is 1. The van der Waals surface area contributed by atoms with Gasteiger partial charge in [0, 0.05) is 25.3 Å². The van der Waals surface area contributed by atoms with Crippen LogP contribution in [0.15, 0.2) is 23.7 Å². The third-order valence-electron chi connectivity index (χ3n) is 3.51. The number of rotatable bonds is 4. The lowest BCUT2D eigenvalue weighted by Gasteiger charge is -2.15. The second kappa shape index (κ2) is 5.22. The van der Waals surface area contributed by atoms with Crippen LogP contribution >= 0.6 is 11.3 Å². The van der Waals surface area contributed by atoms with E-state index in [1.165, 1.54) is 10.4 Å². The van der Waals surface area contributed by atoms with Crippen molar-refractivity contribution in [3.05, 3.63) is 29.3 Å². The maximum atomic E-state index is 9.17. The largest absolute Gasteiger partial charge is 0.396 e. The molecule has 0 radical (unpaired) electrons. The predicted molar refractivity (Wildman–Crippen MR) is 72.4 cm³/mol. The van der Waals surface area contributed by atoms with E-state index >= 15 is 0 Å². The first kappa shape index (κ1) is 11.9. The summed E-state index contributed by atoms with van der Waals surface area (Å²) in [5.74, 6) is 0.446. The molecule has 0 bridgehead atoms. The minimum Gasteiger partial charge on any atom is -0.396 e. The number of hydrogen-bond donors (Lipinski definition) is 2. The van der Waals surface area contributed by atoms with Gasteiger partial charge in [-0.2, -0.15) is 5.10 Å². The van der Waals surface area contributed by atoms with Gasteiger partial charge in [-0.25, -0.2) is 0 Å². The van der Waals surface area contributed by atoms with Crippen LogP contribution in [0.1, 0.15) is 12.0 Å². The van der Waals surface area contributed by atoms with Crippen LogP contribution in [-0.4, -0.2) is 39.9 Å². The summed E-state index contributed by atoms with van der Waals surface area (Å²) >= 11 is 1.73. The van der Waals surface area contributed by atoms with Crippen molar-refractivity contribution in [3.8, 4) is 10.6 Å². The van der Waals surface area contributed by atoms with E-state index in [-0.39, 0.29) is 0 Å². The van der Waals surface area contributed by atoms with Gasteiger partial charge in [-0.3, -0.25) is 10.00 Å². The molecular formula is C13H17N3OS. The maximum absolute atomic E-state index is 9.17. The smallest absolute Gasteiger partial charge is 0.0794 e. The van der Waals surface area contributed by atoms with E-state index in [4.69, 9.17) is 0 Å². The number of aromatic nitrogens is 2. The van der Waals surface area contributed by atoms with Crippen molar-refractivity contribution < 1.29 is 5.11 Å². The summed E-state index contributed by atoms with van der Waals surface area (Å²) in [7, 11) is 0. The number of hydrogen-bond acceptors (Lipinski definition) is 4. The molecular weight excluding hydrogens is 246 g/mol. The SMILES string of the molecule is OCC1CCN(Cc2cn[nH]c2-c2cccs2)C1. The van der Waals surface area contributed by atoms with Gasteiger partial charge in [-0.1, -0.05) is 6.07 Å². The third kappa shape index (κ3) is 2.34. The van der Waals surface area contributed by atoms with Crippen molar-refractivity contribution >= 4 is 11.3 Å². The fourth-order valence-electron chi connectivity index (χ4n) is 2.51. The van der Waals surface area contributed by atoms with E-state index in [0.717, 1.165) is 31.7 Å². The Hall–Kier alpha value is -1.17. The maximum Gasteiger partial charge on any atom is 0.0794 e. The standard InChI is InChI=1S/C13H17N3OS/c17-9-10-3-4-16(7-10)8-11-6-14-15-13(11)12-2-1-5-18-12/h1-2,5-6,10,17H,3-4,7-9H2,(H,14,15). The molecule has 4 nitrogen and oxygen atoms in total. The third-order valence-corrected chi connectivity index (χ3v) is 4.39. The van der Waals surface area contributed by atoms with Crippen molar-refractivity contribution in [3.63, 3.8) is 0 Å². The molecule has 2 aromatic rings. The van der Waals surface area contributed by atoms with Crippen molar-refractivity contribution in [2.45, 2.75) is 13.0 Å². The van der Waals surface area contributed by atoms with Gasteiger partial charge in [0.25, 0.3) is 0 Å². The van der Waals surface area contributed by atoms with E-state index < -0.39 is 0 Å². The molecule has 0 amide bonds. The van der Waals surface area contributed by atoms with Crippen LogP contribution in [0.5, 0.6) is 0 Å². The zero-order chi connectivity index (χ0) is 12.4. The van der Waals surface area contributed by atoms with Crippen LogP contribution in [0.3, 0.4) is 0 Å². The summed E-state index contributed by atoms with van der Waals surface area (Å²) in [5.41, 5.74) is 2.38. The normalized spacial score (nSPS) is 20.6. The van der Waals surface area contributed by atoms with E-state index in [1.807, 2.05) is 6.20 Å². The lowest BCUT2D eigenvalue weighted by atomic mass is 10.1. The van der Waals surface area contributed by atoms with Crippen LogP contribution in [0.25, 0.3) is 10.6 Å². The van der Waals surface area contributed by atoms with Crippen molar-refractivity contribution in [1.82, 2.24) is 15.1 Å². The van der Waals surface area contributed by atoms with Gasteiger partial charge in [-0.15, -0.1) is 11.3 Å². The van der Waals surface area contributed by atoms with Crippen LogP contribution in [0.2, 0.25) is 0 Å². The van der Waals surface area contributed by atoms with Crippen molar-refractivity contribution in [1.29, 1.82) is 0 Å². The molecule has 3 rings (SSSR count). The summed E-state index contributed by atoms with van der Waals surface area (Å²) < 4.78 is 0. The molecule has 1 fully saturated rings. The highest BCUT2D eigenvalue weighted by Crippen LogP contribution is 2.27. The molecule has 0 aliphatic carbocycles. The molecule has 3 heterocycles. The Morgan fingerprint density at radius 1 is 1.56 bits per heavy atom. The first-order chi connectivity index (χ1) is 8.86. The number of aromatic amines is 1. The molecule has 96 valence electrons. The minimum absolute atomic E-state index is 0.305. The second-order valence-electron chi connectivity index (χ2n) is 4.82. The summed E-state index contributed by atoms with van der Waals surface area (Å²) in [6.45, 7) is 3.28. The molecule has 2 aromatic heterocycles. The number of nitrogens with zero attached hydrogens (tertiary/aromatic N) is 2. The first-order valence-electron chi connectivity index (χ1n) is 6.26. The Kier molecular flexibility index (Phi) is 3.45. The van der Waals surface area contributed by atoms with Gasteiger partial charge < -0.3 is 5.11 Å². The predicted octanol–water partition coefficient (Wildman–Crippen LogP) is 1.95. The molecule has 0 aromatic carbocycles. The lowest BCUT2D eigenvalue weighted by molar-refractivity contribution is 0.220. The molecule has 2 N–H and O–H groups in total. The van der Waals surface area contributed by atoms with E-state index in [0.29, 0.717) is 12.5 Å². The molecule has 5 heteroatoms. The molecule has 1 saturated heterocycles. The molecule has 18 heavy (non-hydrogen) atoms. The Morgan fingerprint density at radius 3 is 3.22 bits per heavy atom.